The minimum absolute atomic E-state index is 0.0641. The zero-order valence-corrected chi connectivity index (χ0v) is 16.6. The summed E-state index contributed by atoms with van der Waals surface area (Å²) < 4.78 is 11.0. The summed E-state index contributed by atoms with van der Waals surface area (Å²) >= 11 is 0. The zero-order chi connectivity index (χ0) is 21.5. The second-order valence-electron chi connectivity index (χ2n) is 6.65. The summed E-state index contributed by atoms with van der Waals surface area (Å²) in [6.07, 6.45) is 0.527. The van der Waals surface area contributed by atoms with Crippen LogP contribution in [0.2, 0.25) is 0 Å². The van der Waals surface area contributed by atoms with Gasteiger partial charge in [-0.25, -0.2) is 15.2 Å². The summed E-state index contributed by atoms with van der Waals surface area (Å²) in [4.78, 5) is 31.6. The first-order valence-electron chi connectivity index (χ1n) is 9.72. The molecule has 0 saturated heterocycles. The predicted molar refractivity (Wildman–Crippen MR) is 113 cm³/mol. The maximum atomic E-state index is 12.1. The number of imidazole rings is 1. The van der Waals surface area contributed by atoms with Gasteiger partial charge in [0.25, 0.3) is 0 Å². The van der Waals surface area contributed by atoms with Gasteiger partial charge in [0.05, 0.1) is 11.0 Å². The highest BCUT2D eigenvalue weighted by Gasteiger charge is 2.12. The number of furan rings is 1. The molecule has 158 valence electrons. The lowest BCUT2D eigenvalue weighted by atomic mass is 10.3. The third-order valence-corrected chi connectivity index (χ3v) is 4.39. The quantitative estimate of drug-likeness (QED) is 0.343. The Labute approximate surface area is 177 Å². The Hall–Kier alpha value is -4.27. The molecule has 3 amide bonds. The number of nitrogens with one attached hydrogen (secondary N) is 4. The average molecular weight is 419 g/mol. The van der Waals surface area contributed by atoms with Crippen molar-refractivity contribution < 1.29 is 18.7 Å². The average Bonchev–Trinajstić information content (AvgIpc) is 3.43. The van der Waals surface area contributed by atoms with Gasteiger partial charge < -0.3 is 19.5 Å². The number of amides is 3. The molecule has 0 atom stereocenters. The Bertz CT molecular complexity index is 1140. The van der Waals surface area contributed by atoms with Crippen molar-refractivity contribution in [3.63, 3.8) is 0 Å². The number of hydrogen-bond donors (Lipinski definition) is 4. The van der Waals surface area contributed by atoms with Crippen LogP contribution < -0.4 is 20.9 Å². The summed E-state index contributed by atoms with van der Waals surface area (Å²) in [6, 6.07) is 19.6. The number of rotatable bonds is 7. The summed E-state index contributed by atoms with van der Waals surface area (Å²) in [6.45, 7) is 0.538. The monoisotopic (exact) mass is 419 g/mol. The van der Waals surface area contributed by atoms with Gasteiger partial charge in [-0.3, -0.25) is 10.2 Å². The topological polar surface area (TPSA) is 121 Å². The standard InChI is InChI=1S/C22H21N5O4/c28-21(19-11-10-16(31-19)14-30-15-6-2-1-3-7-15)26-27-22(29)23-13-12-20-24-17-8-4-5-9-18(17)25-20/h1-11H,12-14H2,(H,24,25)(H,26,28)(H2,23,27,29). The number of urea groups is 1. The van der Waals surface area contributed by atoms with E-state index in [1.807, 2.05) is 54.6 Å². The summed E-state index contributed by atoms with van der Waals surface area (Å²) in [5.74, 6) is 1.45. The molecule has 0 saturated carbocycles. The van der Waals surface area contributed by atoms with Crippen molar-refractivity contribution >= 4 is 23.0 Å². The second kappa shape index (κ2) is 9.49. The van der Waals surface area contributed by atoms with Crippen LogP contribution in [-0.4, -0.2) is 28.5 Å². The minimum atomic E-state index is -0.571. The van der Waals surface area contributed by atoms with Gasteiger partial charge in [0.15, 0.2) is 5.76 Å². The molecule has 4 N–H and O–H groups in total. The third kappa shape index (κ3) is 5.41. The van der Waals surface area contributed by atoms with E-state index in [0.717, 1.165) is 16.9 Å². The molecule has 0 spiro atoms. The number of aromatic amines is 1. The first kappa shape index (κ1) is 20.0. The van der Waals surface area contributed by atoms with Crippen molar-refractivity contribution in [2.45, 2.75) is 13.0 Å². The Morgan fingerprint density at radius 2 is 1.77 bits per heavy atom. The number of carbonyl (C=O) groups excluding carboxylic acids is 2. The van der Waals surface area contributed by atoms with Crippen molar-refractivity contribution in [3.05, 3.63) is 84.1 Å². The van der Waals surface area contributed by atoms with Crippen molar-refractivity contribution in [2.75, 3.05) is 6.54 Å². The van der Waals surface area contributed by atoms with Gasteiger partial charge in [0, 0.05) is 13.0 Å². The smallest absolute Gasteiger partial charge is 0.333 e. The number of carbonyl (C=O) groups is 2. The van der Waals surface area contributed by atoms with E-state index >= 15 is 0 Å². The number of fused-ring (bicyclic) bond motifs is 1. The molecule has 0 aliphatic carbocycles. The number of aromatic nitrogens is 2. The van der Waals surface area contributed by atoms with E-state index in [1.54, 1.807) is 6.07 Å². The van der Waals surface area contributed by atoms with E-state index in [9.17, 15) is 9.59 Å². The van der Waals surface area contributed by atoms with Crippen molar-refractivity contribution in [1.82, 2.24) is 26.1 Å². The van der Waals surface area contributed by atoms with E-state index in [-0.39, 0.29) is 12.4 Å². The molecule has 2 heterocycles. The molecule has 0 bridgehead atoms. The zero-order valence-electron chi connectivity index (χ0n) is 16.6. The van der Waals surface area contributed by atoms with Crippen LogP contribution in [0.1, 0.15) is 22.1 Å². The van der Waals surface area contributed by atoms with Crippen LogP contribution in [0.4, 0.5) is 4.79 Å². The van der Waals surface area contributed by atoms with Crippen molar-refractivity contribution in [1.29, 1.82) is 0 Å². The molecule has 2 aromatic carbocycles. The van der Waals surface area contributed by atoms with Gasteiger partial charge in [0.2, 0.25) is 0 Å². The van der Waals surface area contributed by atoms with Crippen LogP contribution in [0.5, 0.6) is 5.75 Å². The second-order valence-corrected chi connectivity index (χ2v) is 6.65. The fourth-order valence-corrected chi connectivity index (χ4v) is 2.89. The molecule has 4 aromatic rings. The SMILES string of the molecule is O=C(NCCc1nc2ccccc2[nH]1)NNC(=O)c1ccc(COc2ccccc2)o1. The summed E-state index contributed by atoms with van der Waals surface area (Å²) in [5, 5.41) is 2.65. The molecule has 9 nitrogen and oxygen atoms in total. The van der Waals surface area contributed by atoms with Gasteiger partial charge in [0.1, 0.15) is 23.9 Å². The highest BCUT2D eigenvalue weighted by molar-refractivity contribution is 5.92. The van der Waals surface area contributed by atoms with Gasteiger partial charge >= 0.3 is 11.9 Å². The lowest BCUT2D eigenvalue weighted by Crippen LogP contribution is -2.47. The normalized spacial score (nSPS) is 10.6. The predicted octanol–water partition coefficient (Wildman–Crippen LogP) is 2.92. The Kier molecular flexibility index (Phi) is 6.13. The lowest BCUT2D eigenvalue weighted by molar-refractivity contribution is 0.0904. The Balaban J connectivity index is 1.18. The number of hydrogen-bond acceptors (Lipinski definition) is 5. The fraction of sp³-hybridized carbons (Fsp3) is 0.136. The molecule has 0 unspecified atom stereocenters. The van der Waals surface area contributed by atoms with E-state index in [0.29, 0.717) is 24.5 Å². The number of nitrogens with zero attached hydrogens (tertiary/aromatic N) is 1. The highest BCUT2D eigenvalue weighted by atomic mass is 16.5. The van der Waals surface area contributed by atoms with E-state index < -0.39 is 11.9 Å². The minimum Gasteiger partial charge on any atom is -0.486 e. The summed E-state index contributed by atoms with van der Waals surface area (Å²) in [7, 11) is 0. The molecular formula is C22H21N5O4. The lowest BCUT2D eigenvalue weighted by Gasteiger charge is -2.07. The molecule has 0 fully saturated rings. The van der Waals surface area contributed by atoms with E-state index in [1.165, 1.54) is 6.07 Å². The number of benzene rings is 2. The van der Waals surface area contributed by atoms with Crippen LogP contribution in [0, 0.1) is 0 Å². The van der Waals surface area contributed by atoms with Crippen molar-refractivity contribution in [3.8, 4) is 5.75 Å². The summed E-state index contributed by atoms with van der Waals surface area (Å²) in [5.41, 5.74) is 6.41. The number of ether oxygens (including phenoxy) is 1. The molecule has 4 rings (SSSR count). The first-order valence-corrected chi connectivity index (χ1v) is 9.72. The maximum Gasteiger partial charge on any atom is 0.333 e. The van der Waals surface area contributed by atoms with Crippen LogP contribution in [0.15, 0.2) is 71.1 Å². The Morgan fingerprint density at radius 3 is 2.61 bits per heavy atom. The van der Waals surface area contributed by atoms with Crippen LogP contribution in [-0.2, 0) is 13.0 Å². The number of hydrazine groups is 1. The van der Waals surface area contributed by atoms with Gasteiger partial charge in [-0.1, -0.05) is 30.3 Å². The number of H-pyrrole nitrogens is 1. The maximum absolute atomic E-state index is 12.1. The highest BCUT2D eigenvalue weighted by Crippen LogP contribution is 2.14. The molecule has 0 aliphatic rings. The van der Waals surface area contributed by atoms with Crippen LogP contribution in [0.25, 0.3) is 11.0 Å². The Morgan fingerprint density at radius 1 is 0.968 bits per heavy atom. The third-order valence-electron chi connectivity index (χ3n) is 4.39. The first-order chi connectivity index (χ1) is 15.2. The molecule has 31 heavy (non-hydrogen) atoms. The largest absolute Gasteiger partial charge is 0.486 e. The van der Waals surface area contributed by atoms with Crippen LogP contribution >= 0.6 is 0 Å². The van der Waals surface area contributed by atoms with Gasteiger partial charge in [-0.05, 0) is 36.4 Å². The molecule has 2 aromatic heterocycles. The number of para-hydroxylation sites is 3. The molecule has 0 aliphatic heterocycles. The van der Waals surface area contributed by atoms with Crippen LogP contribution in [0.3, 0.4) is 0 Å². The van der Waals surface area contributed by atoms with Gasteiger partial charge in [-0.2, -0.15) is 0 Å². The van der Waals surface area contributed by atoms with Gasteiger partial charge in [-0.15, -0.1) is 0 Å². The molecule has 9 heteroatoms. The van der Waals surface area contributed by atoms with E-state index in [4.69, 9.17) is 9.15 Å². The molecule has 0 radical (unpaired) electrons. The fourth-order valence-electron chi connectivity index (χ4n) is 2.89. The molecular weight excluding hydrogens is 398 g/mol. The van der Waals surface area contributed by atoms with E-state index in [2.05, 4.69) is 26.1 Å². The van der Waals surface area contributed by atoms with Crippen molar-refractivity contribution in [2.24, 2.45) is 0 Å².